The van der Waals surface area contributed by atoms with Gasteiger partial charge >= 0.3 is 0 Å². The minimum atomic E-state index is -0.0228. The molecule has 1 fully saturated rings. The van der Waals surface area contributed by atoms with Crippen molar-refractivity contribution < 1.29 is 0 Å². The molecule has 0 aromatic heterocycles. The number of fused-ring (bicyclic) bond motifs is 1. The van der Waals surface area contributed by atoms with Crippen molar-refractivity contribution >= 4 is 46.4 Å². The fraction of sp³-hybridized carbons (Fsp3) is 0.750. The van der Waals surface area contributed by atoms with Gasteiger partial charge in [-0.1, -0.05) is 12.2 Å². The van der Waals surface area contributed by atoms with E-state index in [-0.39, 0.29) is 33.3 Å². The zero-order valence-corrected chi connectivity index (χ0v) is 9.15. The minimum absolute atomic E-state index is 0.00231. The molecule has 0 aromatic rings. The molecular formula is C8H8Cl4. The first-order valence-electron chi connectivity index (χ1n) is 3.87. The molecule has 0 unspecified atom stereocenters. The van der Waals surface area contributed by atoms with Crippen molar-refractivity contribution in [1.82, 2.24) is 0 Å². The average Bonchev–Trinajstić information content (AvgIpc) is 2.07. The molecular weight excluding hydrogens is 238 g/mol. The van der Waals surface area contributed by atoms with Crippen LogP contribution < -0.4 is 0 Å². The van der Waals surface area contributed by atoms with E-state index in [9.17, 15) is 0 Å². The molecule has 2 rings (SSSR count). The van der Waals surface area contributed by atoms with Gasteiger partial charge in [-0.05, 0) is 0 Å². The van der Waals surface area contributed by atoms with Crippen LogP contribution in [0.1, 0.15) is 0 Å². The van der Waals surface area contributed by atoms with Gasteiger partial charge in [-0.15, -0.1) is 46.4 Å². The number of alkyl halides is 4. The third-order valence-corrected chi connectivity index (χ3v) is 4.82. The maximum Gasteiger partial charge on any atom is 0.0563 e. The predicted molar refractivity (Wildman–Crippen MR) is 54.7 cm³/mol. The van der Waals surface area contributed by atoms with E-state index in [0.717, 1.165) is 0 Å². The van der Waals surface area contributed by atoms with E-state index in [2.05, 4.69) is 0 Å². The fourth-order valence-electron chi connectivity index (χ4n) is 1.95. The lowest BCUT2D eigenvalue weighted by atomic mass is 9.66. The smallest absolute Gasteiger partial charge is 0.0563 e. The van der Waals surface area contributed by atoms with E-state index < -0.39 is 0 Å². The molecule has 2 aliphatic carbocycles. The van der Waals surface area contributed by atoms with Gasteiger partial charge in [-0.3, -0.25) is 0 Å². The highest BCUT2D eigenvalue weighted by molar-refractivity contribution is 6.34. The Morgan fingerprint density at radius 3 is 1.33 bits per heavy atom. The lowest BCUT2D eigenvalue weighted by Gasteiger charge is -2.51. The molecule has 0 bridgehead atoms. The van der Waals surface area contributed by atoms with E-state index in [1.165, 1.54) is 0 Å². The number of allylic oxidation sites excluding steroid dienone is 2. The van der Waals surface area contributed by atoms with E-state index in [4.69, 9.17) is 46.4 Å². The SMILES string of the molecule is Cl[C@@H]1[C@H](Cl)[C@H]2[C@@H]1[C@@H](Cl)C=C[C@H]2Cl. The summed E-state index contributed by atoms with van der Waals surface area (Å²) < 4.78 is 0. The molecule has 2 aliphatic rings. The summed E-state index contributed by atoms with van der Waals surface area (Å²) in [6.07, 6.45) is 3.83. The second kappa shape index (κ2) is 3.24. The fourth-order valence-corrected chi connectivity index (χ4v) is 3.90. The van der Waals surface area contributed by atoms with Crippen molar-refractivity contribution in [3.63, 3.8) is 0 Å². The van der Waals surface area contributed by atoms with Crippen LogP contribution >= 0.6 is 46.4 Å². The Kier molecular flexibility index (Phi) is 2.55. The maximum atomic E-state index is 6.05. The van der Waals surface area contributed by atoms with Crippen LogP contribution in [0, 0.1) is 11.8 Å². The highest BCUT2D eigenvalue weighted by atomic mass is 35.5. The summed E-state index contributed by atoms with van der Waals surface area (Å²) in [5, 5.41) is -0.0410. The van der Waals surface area contributed by atoms with E-state index in [1.807, 2.05) is 12.2 Å². The van der Waals surface area contributed by atoms with Crippen molar-refractivity contribution in [2.75, 3.05) is 0 Å². The zero-order valence-electron chi connectivity index (χ0n) is 6.13. The molecule has 1 saturated carbocycles. The summed E-state index contributed by atoms with van der Waals surface area (Å²) in [5.74, 6) is 0.506. The van der Waals surface area contributed by atoms with Gasteiger partial charge in [0, 0.05) is 11.8 Å². The Labute approximate surface area is 91.8 Å². The molecule has 0 aromatic carbocycles. The predicted octanol–water partition coefficient (Wildman–Crippen LogP) is 3.23. The molecule has 0 heterocycles. The molecule has 68 valence electrons. The molecule has 12 heavy (non-hydrogen) atoms. The van der Waals surface area contributed by atoms with E-state index >= 15 is 0 Å². The van der Waals surface area contributed by atoms with Gasteiger partial charge in [0.05, 0.1) is 21.5 Å². The quantitative estimate of drug-likeness (QED) is 0.454. The third-order valence-electron chi connectivity index (χ3n) is 2.70. The largest absolute Gasteiger partial charge is 0.121 e. The lowest BCUT2D eigenvalue weighted by Crippen LogP contribution is -2.57. The van der Waals surface area contributed by atoms with Gasteiger partial charge < -0.3 is 0 Å². The van der Waals surface area contributed by atoms with Crippen LogP contribution in [-0.2, 0) is 0 Å². The first-order valence-corrected chi connectivity index (χ1v) is 5.62. The molecule has 0 aliphatic heterocycles. The molecule has 0 nitrogen and oxygen atoms in total. The molecule has 6 atom stereocenters. The summed E-state index contributed by atoms with van der Waals surface area (Å²) in [5.41, 5.74) is 0. The topological polar surface area (TPSA) is 0 Å². The van der Waals surface area contributed by atoms with Crippen molar-refractivity contribution in [2.45, 2.75) is 21.5 Å². The Bertz CT molecular complexity index is 193. The second-order valence-corrected chi connectivity index (χ2v) is 5.33. The highest BCUT2D eigenvalue weighted by Gasteiger charge is 2.54. The van der Waals surface area contributed by atoms with Crippen LogP contribution in [0.15, 0.2) is 12.2 Å². The number of rotatable bonds is 0. The van der Waals surface area contributed by atoms with Gasteiger partial charge in [-0.25, -0.2) is 0 Å². The second-order valence-electron chi connectivity index (χ2n) is 3.32. The molecule has 0 spiro atoms. The summed E-state index contributed by atoms with van der Waals surface area (Å²) in [6.45, 7) is 0. The zero-order chi connectivity index (χ0) is 8.88. The molecule has 0 amide bonds. The Morgan fingerprint density at radius 1 is 0.667 bits per heavy atom. The van der Waals surface area contributed by atoms with Crippen molar-refractivity contribution in [1.29, 1.82) is 0 Å². The molecule has 0 N–H and O–H groups in total. The summed E-state index contributed by atoms with van der Waals surface area (Å²) in [7, 11) is 0. The molecule has 0 radical (unpaired) electrons. The van der Waals surface area contributed by atoms with Crippen LogP contribution in [0.25, 0.3) is 0 Å². The van der Waals surface area contributed by atoms with Crippen LogP contribution in [0.3, 0.4) is 0 Å². The monoisotopic (exact) mass is 244 g/mol. The number of hydrogen-bond acceptors (Lipinski definition) is 0. The summed E-state index contributed by atoms with van der Waals surface area (Å²) in [6, 6.07) is 0. The van der Waals surface area contributed by atoms with Gasteiger partial charge in [0.1, 0.15) is 0 Å². The van der Waals surface area contributed by atoms with Crippen molar-refractivity contribution in [3.05, 3.63) is 12.2 Å². The molecule has 0 saturated heterocycles. The van der Waals surface area contributed by atoms with E-state index in [0.29, 0.717) is 0 Å². The number of halogens is 4. The normalized spacial score (nSPS) is 57.7. The van der Waals surface area contributed by atoms with Gasteiger partial charge in [0.15, 0.2) is 0 Å². The number of hydrogen-bond donors (Lipinski definition) is 0. The first kappa shape index (κ1) is 9.45. The van der Waals surface area contributed by atoms with Gasteiger partial charge in [0.25, 0.3) is 0 Å². The van der Waals surface area contributed by atoms with Crippen LogP contribution in [-0.4, -0.2) is 21.5 Å². The average molecular weight is 246 g/mol. The third kappa shape index (κ3) is 1.19. The Hall–Kier alpha value is 0.900. The molecule has 4 heteroatoms. The van der Waals surface area contributed by atoms with Crippen molar-refractivity contribution in [2.24, 2.45) is 11.8 Å². The van der Waals surface area contributed by atoms with E-state index in [1.54, 1.807) is 0 Å². The Balaban J connectivity index is 2.20. The van der Waals surface area contributed by atoms with Crippen LogP contribution in [0.5, 0.6) is 0 Å². The minimum Gasteiger partial charge on any atom is -0.121 e. The van der Waals surface area contributed by atoms with Crippen molar-refractivity contribution in [3.8, 4) is 0 Å². The lowest BCUT2D eigenvalue weighted by molar-refractivity contribution is 0.194. The van der Waals surface area contributed by atoms with Crippen LogP contribution in [0.2, 0.25) is 0 Å². The van der Waals surface area contributed by atoms with Gasteiger partial charge in [-0.2, -0.15) is 0 Å². The standard InChI is InChI=1S/C8H8Cl4/c9-3-1-2-4(10)6-5(3)7(11)8(6)12/h1-8H/t3-,4+,5-,6+,7-,8+. The summed E-state index contributed by atoms with van der Waals surface area (Å²) >= 11 is 24.1. The first-order chi connectivity index (χ1) is 5.63. The van der Waals surface area contributed by atoms with Crippen LogP contribution in [0.4, 0.5) is 0 Å². The van der Waals surface area contributed by atoms with Gasteiger partial charge in [0.2, 0.25) is 0 Å². The maximum absolute atomic E-state index is 6.05. The highest BCUT2D eigenvalue weighted by Crippen LogP contribution is 2.51. The Morgan fingerprint density at radius 2 is 1.00 bits per heavy atom. The summed E-state index contributed by atoms with van der Waals surface area (Å²) in [4.78, 5) is 0.